The number of unbranched alkanes of at least 4 members (excludes halogenated alkanes) is 11. The summed E-state index contributed by atoms with van der Waals surface area (Å²) in [5, 5.41) is 0. The van der Waals surface area contributed by atoms with Crippen molar-refractivity contribution in [2.24, 2.45) is 0 Å². The number of hydrogen-bond acceptors (Lipinski definition) is 2. The molecular formula is C49H80N2NiO2. The van der Waals surface area contributed by atoms with Gasteiger partial charge in [-0.2, -0.15) is 0 Å². The number of allylic oxidation sites excluding steroid dienone is 2. The zero-order valence-corrected chi connectivity index (χ0v) is 37.2. The number of hydrogen-bond donors (Lipinski definition) is 0. The second-order valence-electron chi connectivity index (χ2n) is 15.5. The maximum atomic E-state index is 12.2. The van der Waals surface area contributed by atoms with Crippen LogP contribution in [0, 0.1) is 0 Å². The molecule has 0 bridgehead atoms. The molecule has 4 nitrogen and oxygen atoms in total. The number of benzene rings is 2. The summed E-state index contributed by atoms with van der Waals surface area (Å²) in [4.78, 5) is 0. The Labute approximate surface area is 340 Å². The zero-order valence-electron chi connectivity index (χ0n) is 36.2. The molecule has 0 unspecified atom stereocenters. The Morgan fingerprint density at radius 2 is 0.815 bits per heavy atom. The number of rotatable bonds is 29. The van der Waals surface area contributed by atoms with Gasteiger partial charge < -0.3 is 5.53 Å². The van der Waals surface area contributed by atoms with Crippen LogP contribution in [0.1, 0.15) is 211 Å². The van der Waals surface area contributed by atoms with Crippen molar-refractivity contribution in [3.63, 3.8) is 0 Å². The third kappa shape index (κ3) is 17.8. The molecule has 0 N–H and O–H groups in total. The van der Waals surface area contributed by atoms with Gasteiger partial charge >= 0.3 is 75.6 Å². The molecule has 0 radical (unpaired) electrons. The normalized spacial score (nSPS) is 13.0. The SMILES string of the molecule is CCCCCCCCC1=C(c2cc(CCCC)cc(CCCC)c2)[N+](=[N-])C(c2cc(CCCC)cc(CCCC)c2)=C1C.CCCC[O][Ni][O]CCCC. The van der Waals surface area contributed by atoms with Gasteiger partial charge in [-0.3, -0.25) is 0 Å². The molecule has 1 heterocycles. The van der Waals surface area contributed by atoms with Crippen molar-refractivity contribution < 1.29 is 27.5 Å². The van der Waals surface area contributed by atoms with Gasteiger partial charge in [0.15, 0.2) is 0 Å². The standard InChI is InChI=1S/C41H62N2.2C4H9O.Ni/c1-7-12-17-18-19-20-25-39-32(6)40(37-28-33(21-13-8-2)26-34(29-37)22-14-9-3)43(42)41(39)38-30-35(23-15-10-4)27-36(31-38)24-16-11-5;2*1-2-3-4-5;/h26-31H,7-25H2,1-6H3;2*2-4H2,1H3;/q;2*-1;+2. The predicted octanol–water partition coefficient (Wildman–Crippen LogP) is 15.5. The zero-order chi connectivity index (χ0) is 39.4. The van der Waals surface area contributed by atoms with Gasteiger partial charge in [0.25, 0.3) is 0 Å². The molecule has 308 valence electrons. The first kappa shape index (κ1) is 48.1. The van der Waals surface area contributed by atoms with Crippen molar-refractivity contribution in [3.05, 3.63) is 86.5 Å². The van der Waals surface area contributed by atoms with E-state index >= 15 is 0 Å². The molecule has 0 saturated carbocycles. The van der Waals surface area contributed by atoms with Gasteiger partial charge in [0.2, 0.25) is 11.4 Å². The van der Waals surface area contributed by atoms with Crippen LogP contribution in [0.5, 0.6) is 0 Å². The molecule has 2 aromatic rings. The van der Waals surface area contributed by atoms with Crippen LogP contribution in [0.4, 0.5) is 0 Å². The topological polar surface area (TPSA) is 43.8 Å². The molecule has 3 rings (SSSR count). The number of aryl methyl sites for hydroxylation is 4. The molecule has 54 heavy (non-hydrogen) atoms. The fourth-order valence-corrected chi connectivity index (χ4v) is 7.63. The summed E-state index contributed by atoms with van der Waals surface area (Å²) in [6, 6.07) is 14.3. The third-order valence-corrected chi connectivity index (χ3v) is 11.1. The Balaban J connectivity index is 0.000000793. The van der Waals surface area contributed by atoms with Crippen LogP contribution >= 0.6 is 0 Å². The van der Waals surface area contributed by atoms with E-state index in [0.717, 1.165) is 84.6 Å². The first-order chi connectivity index (χ1) is 26.4. The van der Waals surface area contributed by atoms with E-state index in [-0.39, 0.29) is 0 Å². The van der Waals surface area contributed by atoms with Crippen LogP contribution in [0.15, 0.2) is 47.5 Å². The van der Waals surface area contributed by atoms with E-state index in [4.69, 9.17) is 7.76 Å². The Kier molecular flexibility index (Phi) is 26.8. The molecule has 0 fully saturated rings. The molecule has 0 aliphatic carbocycles. The average Bonchev–Trinajstić information content (AvgIpc) is 3.43. The quantitative estimate of drug-likeness (QED) is 0.0468. The molecule has 0 spiro atoms. The Morgan fingerprint density at radius 1 is 0.444 bits per heavy atom. The molecule has 0 aromatic heterocycles. The number of nitrogens with zero attached hydrogens (tertiary/aromatic N) is 2. The molecule has 0 amide bonds. The summed E-state index contributed by atoms with van der Waals surface area (Å²) < 4.78 is 11.9. The second-order valence-corrected chi connectivity index (χ2v) is 16.2. The Bertz CT molecular complexity index is 1330. The first-order valence-corrected chi connectivity index (χ1v) is 23.2. The Morgan fingerprint density at radius 3 is 1.22 bits per heavy atom. The maximum absolute atomic E-state index is 12.2. The van der Waals surface area contributed by atoms with E-state index in [1.807, 2.05) is 0 Å². The molecule has 5 heteroatoms. The average molecular weight is 788 g/mol. The summed E-state index contributed by atoms with van der Waals surface area (Å²) >= 11 is 0.968. The van der Waals surface area contributed by atoms with Crippen LogP contribution in [0.3, 0.4) is 0 Å². The van der Waals surface area contributed by atoms with E-state index in [1.165, 1.54) is 147 Å². The summed E-state index contributed by atoms with van der Waals surface area (Å²) in [5.74, 6) is 0. The van der Waals surface area contributed by atoms with E-state index in [0.29, 0.717) is 0 Å². The molecule has 0 atom stereocenters. The van der Waals surface area contributed by atoms with E-state index < -0.39 is 0 Å². The van der Waals surface area contributed by atoms with E-state index in [1.54, 1.807) is 4.70 Å². The van der Waals surface area contributed by atoms with Crippen LogP contribution in [-0.4, -0.2) is 17.9 Å². The van der Waals surface area contributed by atoms with Gasteiger partial charge in [0.1, 0.15) is 0 Å². The van der Waals surface area contributed by atoms with Crippen molar-refractivity contribution in [1.29, 1.82) is 0 Å². The van der Waals surface area contributed by atoms with Gasteiger partial charge in [-0.05, 0) is 118 Å². The molecule has 0 saturated heterocycles. The van der Waals surface area contributed by atoms with Crippen LogP contribution in [-0.2, 0) is 48.5 Å². The van der Waals surface area contributed by atoms with Crippen molar-refractivity contribution in [1.82, 2.24) is 0 Å². The minimum absolute atomic E-state index is 0.808. The van der Waals surface area contributed by atoms with Gasteiger partial charge in [0.05, 0.1) is 0 Å². The van der Waals surface area contributed by atoms with Gasteiger partial charge in [0, 0.05) is 22.3 Å². The second kappa shape index (κ2) is 30.1. The van der Waals surface area contributed by atoms with Crippen molar-refractivity contribution in [2.45, 2.75) is 203 Å². The van der Waals surface area contributed by atoms with Crippen molar-refractivity contribution in [3.8, 4) is 0 Å². The predicted molar refractivity (Wildman–Crippen MR) is 230 cm³/mol. The van der Waals surface area contributed by atoms with E-state index in [2.05, 4.69) is 91.8 Å². The van der Waals surface area contributed by atoms with Crippen LogP contribution < -0.4 is 0 Å². The van der Waals surface area contributed by atoms with Crippen molar-refractivity contribution >= 4 is 11.4 Å². The third-order valence-electron chi connectivity index (χ3n) is 10.4. The summed E-state index contributed by atoms with van der Waals surface area (Å²) in [7, 11) is 0. The van der Waals surface area contributed by atoms with Gasteiger partial charge in [-0.1, -0.05) is 105 Å². The summed E-state index contributed by atoms with van der Waals surface area (Å²) in [6.07, 6.45) is 27.4. The molecule has 2 aromatic carbocycles. The minimum atomic E-state index is 0.808. The Hall–Kier alpha value is -2.07. The monoisotopic (exact) mass is 787 g/mol. The van der Waals surface area contributed by atoms with Gasteiger partial charge in [-0.25, -0.2) is 4.70 Å². The first-order valence-electron chi connectivity index (χ1n) is 22.4. The van der Waals surface area contributed by atoms with Crippen LogP contribution in [0.25, 0.3) is 16.9 Å². The summed E-state index contributed by atoms with van der Waals surface area (Å²) in [6.45, 7) is 19.6. The molecular weight excluding hydrogens is 707 g/mol. The van der Waals surface area contributed by atoms with Gasteiger partial charge in [-0.15, -0.1) is 0 Å². The fraction of sp³-hybridized carbons (Fsp3) is 0.673. The van der Waals surface area contributed by atoms with Crippen molar-refractivity contribution in [2.75, 3.05) is 13.2 Å². The van der Waals surface area contributed by atoms with E-state index in [9.17, 15) is 5.53 Å². The summed E-state index contributed by atoms with van der Waals surface area (Å²) in [5.41, 5.74) is 24.8. The molecule has 1 aliphatic heterocycles. The fourth-order valence-electron chi connectivity index (χ4n) is 7.10. The van der Waals surface area contributed by atoms with Crippen LogP contribution in [0.2, 0.25) is 0 Å². The molecule has 1 aliphatic rings.